The van der Waals surface area contributed by atoms with Gasteiger partial charge in [-0.15, -0.1) is 0 Å². The third-order valence-electron chi connectivity index (χ3n) is 10.0. The second-order valence-corrected chi connectivity index (χ2v) is 13.1. The van der Waals surface area contributed by atoms with E-state index in [0.717, 1.165) is 74.9 Å². The van der Waals surface area contributed by atoms with Crippen molar-refractivity contribution in [3.05, 3.63) is 92.5 Å². The first-order chi connectivity index (χ1) is 23.6. The molecule has 5 rings (SSSR count). The molecule has 2 atom stereocenters. The molecule has 0 aliphatic carbocycles. The predicted octanol–water partition coefficient (Wildman–Crippen LogP) is 6.45. The molecular formula is C39H51N5O5. The van der Waals surface area contributed by atoms with Gasteiger partial charge in [-0.2, -0.15) is 0 Å². The summed E-state index contributed by atoms with van der Waals surface area (Å²) in [7, 11) is 3.47. The second-order valence-electron chi connectivity index (χ2n) is 13.1. The number of carbonyl (C=O) groups excluding carboxylic acids is 1. The molecule has 5 heterocycles. The van der Waals surface area contributed by atoms with Gasteiger partial charge < -0.3 is 29.5 Å². The molecule has 8 bridgehead atoms. The minimum absolute atomic E-state index is 0.0719. The average molecular weight is 670 g/mol. The van der Waals surface area contributed by atoms with E-state index >= 15 is 0 Å². The molecule has 49 heavy (non-hydrogen) atoms. The van der Waals surface area contributed by atoms with E-state index in [9.17, 15) is 9.90 Å². The number of hydrogen-bond donors (Lipinski definition) is 2. The summed E-state index contributed by atoms with van der Waals surface area (Å²) in [5, 5.41) is 14.0. The molecule has 0 aromatic carbocycles. The lowest BCUT2D eigenvalue weighted by atomic mass is 9.86. The number of hydrogen-bond acceptors (Lipinski definition) is 9. The monoisotopic (exact) mass is 669 g/mol. The standard InChI is InChI=1S/C39H51N5O5/c1-9-28-24(3)34-21-37-30(22-45)26(5)33(42-37)20-35-25(4)29(10-11-38(46)44(7)12-13-48-16-17-49-15-14-47-8)39(43-35)27(6)32-18-23(2)31(40-32)19-36(28)41-34/h18-22,25,29,43,45H,9-17H2,1-8H3/t25-,29-/m0/s1. The fraction of sp³-hybridized carbons (Fsp3) is 0.487. The molecule has 1 fully saturated rings. The largest absolute Gasteiger partial charge is 0.515 e. The second kappa shape index (κ2) is 16.1. The molecule has 0 aromatic rings. The molecule has 5 aliphatic heterocycles. The molecule has 0 saturated carbocycles. The van der Waals surface area contributed by atoms with E-state index in [2.05, 4.69) is 58.2 Å². The van der Waals surface area contributed by atoms with Gasteiger partial charge in [-0.05, 0) is 92.7 Å². The Balaban J connectivity index is 1.42. The van der Waals surface area contributed by atoms with Crippen LogP contribution in [-0.4, -0.2) is 86.8 Å². The van der Waals surface area contributed by atoms with Gasteiger partial charge in [0.15, 0.2) is 0 Å². The highest BCUT2D eigenvalue weighted by Gasteiger charge is 2.36. The van der Waals surface area contributed by atoms with Gasteiger partial charge in [0.05, 0.1) is 73.5 Å². The highest BCUT2D eigenvalue weighted by Crippen LogP contribution is 2.41. The number of nitrogens with zero attached hydrogens (tertiary/aromatic N) is 4. The summed E-state index contributed by atoms with van der Waals surface area (Å²) >= 11 is 0. The van der Waals surface area contributed by atoms with E-state index in [-0.39, 0.29) is 17.7 Å². The van der Waals surface area contributed by atoms with Crippen molar-refractivity contribution in [3.63, 3.8) is 0 Å². The van der Waals surface area contributed by atoms with Crippen molar-refractivity contribution < 1.29 is 24.1 Å². The van der Waals surface area contributed by atoms with Crippen molar-refractivity contribution in [2.45, 2.75) is 60.8 Å². The summed E-state index contributed by atoms with van der Waals surface area (Å²) in [5.41, 5.74) is 13.2. The zero-order valence-corrected chi connectivity index (χ0v) is 30.3. The number of carbonyl (C=O) groups is 1. The maximum absolute atomic E-state index is 13.3. The first kappa shape index (κ1) is 36.2. The molecule has 10 heteroatoms. The predicted molar refractivity (Wildman–Crippen MR) is 196 cm³/mol. The van der Waals surface area contributed by atoms with Crippen LogP contribution in [0, 0.1) is 11.8 Å². The molecule has 10 nitrogen and oxygen atoms in total. The lowest BCUT2D eigenvalue weighted by Gasteiger charge is -2.21. The maximum atomic E-state index is 13.3. The number of aliphatic hydroxyl groups is 1. The normalized spacial score (nSPS) is 22.6. The highest BCUT2D eigenvalue weighted by molar-refractivity contribution is 6.18. The smallest absolute Gasteiger partial charge is 0.222 e. The minimum Gasteiger partial charge on any atom is -0.515 e. The number of fused-ring (bicyclic) bond motifs is 5. The Hall–Kier alpha value is -4.12. The Morgan fingerprint density at radius 1 is 0.898 bits per heavy atom. The van der Waals surface area contributed by atoms with Gasteiger partial charge in [-0.25, -0.2) is 15.0 Å². The third kappa shape index (κ3) is 7.87. The molecule has 0 spiro atoms. The number of aliphatic imine (C=N–C) groups is 3. The SMILES string of the molecule is CCC1=C(C)C2=CC3=NC(=C(C)C3=CO)C=C3NC(=C(C)C4=NC(=CC1=N2)C(C)=C4)[C@@H](CCC(=O)N(C)CCOCCOCCOC)[C@@H]3C. The molecule has 0 unspecified atom stereocenters. The Morgan fingerprint density at radius 3 is 2.31 bits per heavy atom. The molecule has 262 valence electrons. The number of rotatable bonds is 13. The molecule has 0 radical (unpaired) electrons. The van der Waals surface area contributed by atoms with Crippen LogP contribution in [0.2, 0.25) is 0 Å². The number of nitrogens with one attached hydrogen (secondary N) is 1. The van der Waals surface area contributed by atoms with Gasteiger partial charge >= 0.3 is 0 Å². The van der Waals surface area contributed by atoms with Crippen LogP contribution >= 0.6 is 0 Å². The van der Waals surface area contributed by atoms with E-state index in [1.165, 1.54) is 5.57 Å². The highest BCUT2D eigenvalue weighted by atomic mass is 16.5. The number of methoxy groups -OCH3 is 1. The summed E-state index contributed by atoms with van der Waals surface area (Å²) in [4.78, 5) is 30.1. The first-order valence-electron chi connectivity index (χ1n) is 17.3. The van der Waals surface area contributed by atoms with Crippen LogP contribution in [0.25, 0.3) is 0 Å². The van der Waals surface area contributed by atoms with E-state index in [1.54, 1.807) is 12.0 Å². The molecule has 1 amide bonds. The van der Waals surface area contributed by atoms with Crippen LogP contribution in [0.1, 0.15) is 60.8 Å². The van der Waals surface area contributed by atoms with Crippen LogP contribution in [0.15, 0.2) is 107 Å². The summed E-state index contributed by atoms with van der Waals surface area (Å²) < 4.78 is 16.1. The summed E-state index contributed by atoms with van der Waals surface area (Å²) in [6.07, 6.45) is 11.4. The van der Waals surface area contributed by atoms with E-state index in [0.29, 0.717) is 63.7 Å². The third-order valence-corrected chi connectivity index (χ3v) is 10.0. The van der Waals surface area contributed by atoms with Gasteiger partial charge in [-0.3, -0.25) is 4.79 Å². The van der Waals surface area contributed by atoms with Crippen molar-refractivity contribution in [1.29, 1.82) is 0 Å². The lowest BCUT2D eigenvalue weighted by Crippen LogP contribution is -2.31. The Kier molecular flexibility index (Phi) is 11.9. The van der Waals surface area contributed by atoms with Crippen molar-refractivity contribution >= 4 is 23.0 Å². The first-order valence-corrected chi connectivity index (χ1v) is 17.3. The van der Waals surface area contributed by atoms with E-state index in [1.807, 2.05) is 20.0 Å². The Morgan fingerprint density at radius 2 is 1.59 bits per heavy atom. The number of ether oxygens (including phenoxy) is 3. The van der Waals surface area contributed by atoms with Gasteiger partial charge in [0.25, 0.3) is 0 Å². The lowest BCUT2D eigenvalue weighted by molar-refractivity contribution is -0.130. The molecule has 2 N–H and O–H groups in total. The number of likely N-dealkylation sites (N-methyl/N-ethyl adjacent to an activating group) is 1. The topological polar surface area (TPSA) is 117 Å². The summed E-state index contributed by atoms with van der Waals surface area (Å²) in [6.45, 7) is 15.7. The average Bonchev–Trinajstić information content (AvgIpc) is 3.79. The van der Waals surface area contributed by atoms with Crippen LogP contribution in [0.3, 0.4) is 0 Å². The zero-order valence-electron chi connectivity index (χ0n) is 30.3. The maximum Gasteiger partial charge on any atom is 0.222 e. The van der Waals surface area contributed by atoms with Crippen molar-refractivity contribution in [1.82, 2.24) is 10.2 Å². The van der Waals surface area contributed by atoms with Crippen LogP contribution in [-0.2, 0) is 19.0 Å². The van der Waals surface area contributed by atoms with Crippen LogP contribution in [0.4, 0.5) is 0 Å². The fourth-order valence-electron chi connectivity index (χ4n) is 6.79. The van der Waals surface area contributed by atoms with E-state index in [4.69, 9.17) is 29.2 Å². The fourth-order valence-corrected chi connectivity index (χ4v) is 6.79. The Bertz CT molecular complexity index is 1710. The van der Waals surface area contributed by atoms with E-state index < -0.39 is 0 Å². The molecule has 1 saturated heterocycles. The van der Waals surface area contributed by atoms with Gasteiger partial charge in [0, 0.05) is 55.9 Å². The number of amides is 1. The summed E-state index contributed by atoms with van der Waals surface area (Å²) in [6, 6.07) is 0. The van der Waals surface area contributed by atoms with Crippen LogP contribution < -0.4 is 5.32 Å². The van der Waals surface area contributed by atoms with Crippen molar-refractivity contribution in [2.75, 3.05) is 53.7 Å². The summed E-state index contributed by atoms with van der Waals surface area (Å²) in [5.74, 6) is 0.252. The molecular weight excluding hydrogens is 618 g/mol. The van der Waals surface area contributed by atoms with Gasteiger partial charge in [0.1, 0.15) is 0 Å². The van der Waals surface area contributed by atoms with Gasteiger partial charge in [0.2, 0.25) is 5.91 Å². The molecule has 0 aromatic heterocycles. The van der Waals surface area contributed by atoms with Crippen molar-refractivity contribution in [3.8, 4) is 0 Å². The van der Waals surface area contributed by atoms with Gasteiger partial charge in [-0.1, -0.05) is 13.8 Å². The molecule has 5 aliphatic rings. The number of aliphatic hydroxyl groups excluding tert-OH is 1. The van der Waals surface area contributed by atoms with Crippen molar-refractivity contribution in [2.24, 2.45) is 26.8 Å². The Labute approximate surface area is 290 Å². The quantitative estimate of drug-likeness (QED) is 0.172. The number of allylic oxidation sites excluding steroid dienone is 12. The zero-order chi connectivity index (χ0) is 35.2. The van der Waals surface area contributed by atoms with Crippen LogP contribution in [0.5, 0.6) is 0 Å². The minimum atomic E-state index is 0.0719.